The van der Waals surface area contributed by atoms with Crippen LogP contribution in [0.2, 0.25) is 0 Å². The Bertz CT molecular complexity index is 12.3. The van der Waals surface area contributed by atoms with Gasteiger partial charge in [0.1, 0.15) is 0 Å². The Hall–Kier alpha value is 2.25. The fourth-order valence-electron chi connectivity index (χ4n) is 0. The van der Waals surface area contributed by atoms with Crippen LogP contribution in [0, 0.1) is 59.8 Å². The Morgan fingerprint density at radius 2 is 1.33 bits per heavy atom. The first-order valence-electron chi connectivity index (χ1n) is 1.56. The van der Waals surface area contributed by atoms with Crippen LogP contribution in [-0.4, -0.2) is 0 Å². The van der Waals surface area contributed by atoms with Crippen molar-refractivity contribution in [3.8, 4) is 0 Å². The summed E-state index contributed by atoms with van der Waals surface area (Å²) in [5.41, 5.74) is 0. The van der Waals surface area contributed by atoms with E-state index in [-0.39, 0.29) is 70.9 Å². The fourth-order valence-corrected chi connectivity index (χ4v) is 0. The van der Waals surface area contributed by atoms with Gasteiger partial charge in [0.25, 0.3) is 0 Å². The number of hydrogen-bond donors (Lipinski definition) is 0. The Morgan fingerprint density at radius 1 is 1.33 bits per heavy atom. The summed E-state index contributed by atoms with van der Waals surface area (Å²) in [4.78, 5) is 0. The average Bonchev–Trinajstić information content (AvgIpc) is 0.811. The molecule has 0 bridgehead atoms. The van der Waals surface area contributed by atoms with Crippen LogP contribution in [0.3, 0.4) is 0 Å². The smallest absolute Gasteiger partial charge is 0 e. The van der Waals surface area contributed by atoms with Gasteiger partial charge in [0.15, 0.2) is 0 Å². The Balaban J connectivity index is -0.0000000450. The molecule has 0 aromatic carbocycles. The van der Waals surface area contributed by atoms with E-state index in [0.29, 0.717) is 5.92 Å². The van der Waals surface area contributed by atoms with E-state index in [1.54, 1.807) is 0 Å². The van der Waals surface area contributed by atoms with Crippen molar-refractivity contribution in [1.82, 2.24) is 0 Å². The summed E-state index contributed by atoms with van der Waals surface area (Å²) >= 11 is 0. The largest absolute Gasteiger partial charge is 1.00 e. The minimum Gasteiger partial charge on any atom is -1.00 e. The molecule has 0 rings (SSSR count). The van der Waals surface area contributed by atoms with Crippen LogP contribution in [-0.2, 0) is 0 Å². The van der Waals surface area contributed by atoms with E-state index in [4.69, 9.17) is 0 Å². The molecule has 2 heteroatoms. The van der Waals surface area contributed by atoms with Crippen LogP contribution in [0.5, 0.6) is 0 Å². The molecule has 1 radical (unpaired) electrons. The van der Waals surface area contributed by atoms with Gasteiger partial charge in [-0.1, -0.05) is 20.8 Å². The van der Waals surface area contributed by atoms with Gasteiger partial charge in [-0.2, -0.15) is 0 Å². The van der Waals surface area contributed by atoms with E-state index < -0.39 is 0 Å². The molecule has 0 aliphatic rings. The third-order valence-corrected chi connectivity index (χ3v) is 0. The minimum absolute atomic E-state index is 0. The van der Waals surface area contributed by atoms with Crippen LogP contribution < -0.4 is 24.0 Å². The molecule has 0 atom stereocenters. The van der Waals surface area contributed by atoms with Crippen molar-refractivity contribution in [2.24, 2.45) is 5.92 Å². The molecule has 0 aliphatic carbocycles. The summed E-state index contributed by atoms with van der Waals surface area (Å²) in [6.07, 6.45) is 0. The third kappa shape index (κ3) is 34.0. The summed E-state index contributed by atoms with van der Waals surface area (Å²) in [6.45, 7) is 7.75. The number of rotatable bonds is 0. The first kappa shape index (κ1) is 15.7. The molecule has 47 valence electrons. The van der Waals surface area contributed by atoms with Gasteiger partial charge in [0.05, 0.1) is 0 Å². The second-order valence-electron chi connectivity index (χ2n) is 1.39. The van der Waals surface area contributed by atoms with E-state index in [0.717, 1.165) is 0 Å². The van der Waals surface area contributed by atoms with E-state index in [2.05, 4.69) is 20.8 Å². The molecule has 0 N–H and O–H groups in total. The maximum absolute atomic E-state index is 3.64. The van der Waals surface area contributed by atoms with Crippen LogP contribution in [0.4, 0.5) is 0 Å². The topological polar surface area (TPSA) is 0 Å². The zero-order valence-electron chi connectivity index (χ0n) is 3.93. The summed E-state index contributed by atoms with van der Waals surface area (Å²) < 4.78 is 0. The minimum atomic E-state index is 0. The molecule has 0 fully saturated rings. The van der Waals surface area contributed by atoms with Gasteiger partial charge in [-0.25, -0.2) is 0 Å². The van der Waals surface area contributed by atoms with Gasteiger partial charge >= 0.3 is 0 Å². The summed E-state index contributed by atoms with van der Waals surface area (Å²) in [7, 11) is 0. The summed E-state index contributed by atoms with van der Waals surface area (Å²) in [5.74, 6) is 0.583. The van der Waals surface area contributed by atoms with E-state index in [9.17, 15) is 0 Å². The predicted octanol–water partition coefficient (Wildman–Crippen LogP) is -1.52. The van der Waals surface area contributed by atoms with Crippen LogP contribution >= 0.6 is 0 Å². The first-order chi connectivity index (χ1) is 1.73. The second-order valence-corrected chi connectivity index (χ2v) is 1.39. The van der Waals surface area contributed by atoms with Gasteiger partial charge in [0.2, 0.25) is 0 Å². The average molecular weight is 357 g/mol. The molecule has 0 spiro atoms. The van der Waals surface area contributed by atoms with Gasteiger partial charge in [-0.3, -0.25) is 0 Å². The molecule has 0 saturated heterocycles. The van der Waals surface area contributed by atoms with Crippen molar-refractivity contribution in [2.75, 3.05) is 0 Å². The maximum Gasteiger partial charge on any atom is 0 e. The van der Waals surface area contributed by atoms with Crippen LogP contribution in [0.15, 0.2) is 0 Å². The quantitative estimate of drug-likeness (QED) is 0.462. The summed E-state index contributed by atoms with van der Waals surface area (Å²) in [5, 5.41) is 0. The van der Waals surface area contributed by atoms with Crippen molar-refractivity contribution >= 4 is 0 Å². The molecule has 6 heavy (non-hydrogen) atoms. The van der Waals surface area contributed by atoms with E-state index >= 15 is 0 Å². The molecular formula is C4H9IYb-. The SMILES string of the molecule is [CH2]C(C)C.[I-].[Yb]. The Labute approximate surface area is 95.7 Å². The monoisotopic (exact) mass is 358 g/mol. The predicted molar refractivity (Wildman–Crippen MR) is 20.2 cm³/mol. The third-order valence-electron chi connectivity index (χ3n) is 0. The molecule has 0 nitrogen and oxygen atoms in total. The van der Waals surface area contributed by atoms with Crippen molar-refractivity contribution < 1.29 is 70.9 Å². The molecule has 0 unspecified atom stereocenters. The zero-order valence-corrected chi connectivity index (χ0v) is 7.80. The van der Waals surface area contributed by atoms with Gasteiger partial charge < -0.3 is 24.0 Å². The van der Waals surface area contributed by atoms with Crippen molar-refractivity contribution in [3.05, 3.63) is 6.92 Å². The molecule has 0 aromatic heterocycles. The van der Waals surface area contributed by atoms with E-state index in [1.807, 2.05) is 0 Å². The normalized spacial score (nSPS) is 6.00. The molecular weight excluding hydrogens is 348 g/mol. The van der Waals surface area contributed by atoms with Gasteiger partial charge in [0, 0.05) is 46.9 Å². The Morgan fingerprint density at radius 3 is 1.33 bits per heavy atom. The summed E-state index contributed by atoms with van der Waals surface area (Å²) in [6, 6.07) is 0. The molecule has 0 amide bonds. The van der Waals surface area contributed by atoms with E-state index in [1.165, 1.54) is 0 Å². The molecule has 0 aromatic rings. The van der Waals surface area contributed by atoms with Crippen LogP contribution in [0.1, 0.15) is 13.8 Å². The molecule has 0 saturated carbocycles. The van der Waals surface area contributed by atoms with Gasteiger partial charge in [-0.15, -0.1) is 0 Å². The zero-order chi connectivity index (χ0) is 3.58. The fraction of sp³-hybridized carbons (Fsp3) is 0.750. The Kier molecular flexibility index (Phi) is 26.9. The van der Waals surface area contributed by atoms with Crippen LogP contribution in [0.25, 0.3) is 0 Å². The molecule has 0 heterocycles. The maximum atomic E-state index is 3.64. The van der Waals surface area contributed by atoms with Gasteiger partial charge in [-0.05, 0) is 5.92 Å². The number of halogens is 1. The molecule has 0 aliphatic heterocycles. The van der Waals surface area contributed by atoms with Crippen molar-refractivity contribution in [1.29, 1.82) is 0 Å². The first-order valence-corrected chi connectivity index (χ1v) is 1.56. The van der Waals surface area contributed by atoms with Crippen molar-refractivity contribution in [3.63, 3.8) is 0 Å². The standard InChI is InChI=1S/C4H9.HI.Yb/c1-4(2)3;;/h4H,1H2,2-3H3;1H;/p-1. The second kappa shape index (κ2) is 10.3. The van der Waals surface area contributed by atoms with Crippen molar-refractivity contribution in [2.45, 2.75) is 13.8 Å². The number of hydrogen-bond acceptors (Lipinski definition) is 0.